The van der Waals surface area contributed by atoms with E-state index in [1.807, 2.05) is 29.8 Å². The van der Waals surface area contributed by atoms with Gasteiger partial charge >= 0.3 is 0 Å². The van der Waals surface area contributed by atoms with E-state index in [1.165, 1.54) is 0 Å². The van der Waals surface area contributed by atoms with Crippen molar-refractivity contribution in [3.63, 3.8) is 0 Å². The fourth-order valence-electron chi connectivity index (χ4n) is 1.46. The van der Waals surface area contributed by atoms with E-state index in [9.17, 15) is 0 Å². The minimum atomic E-state index is 0.316. The van der Waals surface area contributed by atoms with Crippen LogP contribution in [-0.4, -0.2) is 26.8 Å². The van der Waals surface area contributed by atoms with Crippen molar-refractivity contribution in [1.29, 1.82) is 0 Å². The molecule has 5 nitrogen and oxygen atoms in total. The number of hydrogen-bond acceptors (Lipinski definition) is 4. The normalized spacial score (nSPS) is 10.6. The molecule has 2 heterocycles. The fraction of sp³-hybridized carbons (Fsp3) is 0.300. The van der Waals surface area contributed by atoms with Crippen LogP contribution in [-0.2, 0) is 13.6 Å². The molecule has 0 N–H and O–H groups in total. The highest BCUT2D eigenvalue weighted by Gasteiger charge is 2.11. The molecule has 0 spiro atoms. The topological polar surface area (TPSA) is 46.8 Å². The second kappa shape index (κ2) is 4.89. The molecule has 2 rings (SSSR count). The quantitative estimate of drug-likeness (QED) is 0.859. The van der Waals surface area contributed by atoms with Gasteiger partial charge in [-0.3, -0.25) is 0 Å². The van der Waals surface area contributed by atoms with Crippen molar-refractivity contribution < 1.29 is 0 Å². The highest BCUT2D eigenvalue weighted by Crippen LogP contribution is 2.25. The molecule has 0 aliphatic heterocycles. The first-order valence-corrected chi connectivity index (χ1v) is 5.69. The lowest BCUT2D eigenvalue weighted by Gasteiger charge is -2.19. The molecule has 0 saturated carbocycles. The lowest BCUT2D eigenvalue weighted by molar-refractivity contribution is 0.759. The highest BCUT2D eigenvalue weighted by molar-refractivity contribution is 6.33. The minimum Gasteiger partial charge on any atom is -0.364 e. The third-order valence-electron chi connectivity index (χ3n) is 2.41. The molecule has 0 radical (unpaired) electrons. The van der Waals surface area contributed by atoms with Gasteiger partial charge in [0.25, 0.3) is 0 Å². The van der Waals surface area contributed by atoms with Gasteiger partial charge in [0, 0.05) is 32.6 Å². The van der Waals surface area contributed by atoms with Crippen LogP contribution in [0, 0.1) is 0 Å². The molecule has 17 heavy (non-hydrogen) atoms. The van der Waals surface area contributed by atoms with Crippen LogP contribution < -0.4 is 4.90 Å². The summed E-state index contributed by atoms with van der Waals surface area (Å²) in [5.74, 6) is 0.927. The Morgan fingerprint density at radius 1 is 1.35 bits per heavy atom. The molecular formula is C10H11Cl2N5. The van der Waals surface area contributed by atoms with E-state index in [-0.39, 0.29) is 0 Å². The van der Waals surface area contributed by atoms with Crippen LogP contribution in [0.15, 0.2) is 18.5 Å². The first kappa shape index (κ1) is 12.1. The number of rotatable bonds is 3. The molecule has 0 saturated heterocycles. The molecule has 0 fully saturated rings. The number of aryl methyl sites for hydroxylation is 1. The van der Waals surface area contributed by atoms with Crippen LogP contribution >= 0.6 is 23.2 Å². The minimum absolute atomic E-state index is 0.316. The third kappa shape index (κ3) is 2.68. The van der Waals surface area contributed by atoms with Crippen molar-refractivity contribution in [2.45, 2.75) is 6.54 Å². The number of aromatic nitrogens is 4. The average Bonchev–Trinajstić information content (AvgIpc) is 2.68. The zero-order valence-corrected chi connectivity index (χ0v) is 10.9. The zero-order chi connectivity index (χ0) is 12.4. The number of anilines is 1. The fourth-order valence-corrected chi connectivity index (χ4v) is 1.84. The summed E-state index contributed by atoms with van der Waals surface area (Å²) in [7, 11) is 3.84. The Labute approximate surface area is 109 Å². The molecule has 0 unspecified atom stereocenters. The smallest absolute Gasteiger partial charge is 0.175 e. The van der Waals surface area contributed by atoms with Crippen molar-refractivity contribution >= 4 is 28.9 Å². The second-order valence-electron chi connectivity index (χ2n) is 3.65. The maximum absolute atomic E-state index is 5.97. The Kier molecular flexibility index (Phi) is 3.49. The third-order valence-corrected chi connectivity index (χ3v) is 2.87. The zero-order valence-electron chi connectivity index (χ0n) is 9.43. The Morgan fingerprint density at radius 3 is 2.76 bits per heavy atom. The summed E-state index contributed by atoms with van der Waals surface area (Å²) < 4.78 is 1.95. The predicted molar refractivity (Wildman–Crippen MR) is 67.4 cm³/mol. The van der Waals surface area contributed by atoms with Gasteiger partial charge in [-0.1, -0.05) is 23.2 Å². The van der Waals surface area contributed by atoms with Crippen LogP contribution in [0.2, 0.25) is 10.3 Å². The van der Waals surface area contributed by atoms with Gasteiger partial charge in [-0.25, -0.2) is 4.98 Å². The molecule has 2 aromatic heterocycles. The molecule has 0 atom stereocenters. The maximum atomic E-state index is 5.97. The van der Waals surface area contributed by atoms with E-state index in [2.05, 4.69) is 15.2 Å². The van der Waals surface area contributed by atoms with Gasteiger partial charge in [0.15, 0.2) is 10.3 Å². The Morgan fingerprint density at radius 2 is 2.12 bits per heavy atom. The van der Waals surface area contributed by atoms with E-state index in [0.29, 0.717) is 16.9 Å². The van der Waals surface area contributed by atoms with Crippen molar-refractivity contribution in [1.82, 2.24) is 19.7 Å². The number of imidazole rings is 1. The summed E-state index contributed by atoms with van der Waals surface area (Å²) >= 11 is 11.8. The van der Waals surface area contributed by atoms with E-state index >= 15 is 0 Å². The van der Waals surface area contributed by atoms with Crippen molar-refractivity contribution in [2.24, 2.45) is 7.05 Å². The van der Waals surface area contributed by atoms with Gasteiger partial charge in [-0.2, -0.15) is 0 Å². The lowest BCUT2D eigenvalue weighted by Crippen LogP contribution is -2.19. The van der Waals surface area contributed by atoms with Gasteiger partial charge < -0.3 is 9.47 Å². The molecule has 0 aromatic carbocycles. The summed E-state index contributed by atoms with van der Waals surface area (Å²) in [6, 6.07) is 1.68. The van der Waals surface area contributed by atoms with Crippen LogP contribution in [0.3, 0.4) is 0 Å². The van der Waals surface area contributed by atoms with Crippen molar-refractivity contribution in [3.05, 3.63) is 34.6 Å². The summed E-state index contributed by atoms with van der Waals surface area (Å²) in [6.45, 7) is 0.616. The van der Waals surface area contributed by atoms with Crippen molar-refractivity contribution in [2.75, 3.05) is 11.9 Å². The molecule has 0 bridgehead atoms. The van der Waals surface area contributed by atoms with Crippen LogP contribution in [0.1, 0.15) is 5.82 Å². The molecule has 0 aliphatic rings. The van der Waals surface area contributed by atoms with Gasteiger partial charge in [0.05, 0.1) is 12.2 Å². The summed E-state index contributed by atoms with van der Waals surface area (Å²) in [5, 5.41) is 8.08. The van der Waals surface area contributed by atoms with E-state index < -0.39 is 0 Å². The van der Waals surface area contributed by atoms with Gasteiger partial charge in [-0.05, 0) is 0 Å². The van der Waals surface area contributed by atoms with E-state index in [1.54, 1.807) is 12.3 Å². The maximum Gasteiger partial charge on any atom is 0.175 e. The molecule has 0 amide bonds. The molecule has 90 valence electrons. The first-order chi connectivity index (χ1) is 8.08. The Balaban J connectivity index is 2.23. The van der Waals surface area contributed by atoms with Crippen LogP contribution in [0.5, 0.6) is 0 Å². The SMILES string of the molecule is CN(Cc1nccn1C)c1cc(Cl)nnc1Cl. The summed E-state index contributed by atoms with van der Waals surface area (Å²) in [6.07, 6.45) is 3.64. The van der Waals surface area contributed by atoms with Crippen molar-refractivity contribution in [3.8, 4) is 0 Å². The molecule has 7 heteroatoms. The summed E-state index contributed by atoms with van der Waals surface area (Å²) in [5.41, 5.74) is 0.731. The first-order valence-electron chi connectivity index (χ1n) is 4.94. The molecule has 2 aromatic rings. The van der Waals surface area contributed by atoms with Gasteiger partial charge in [0.2, 0.25) is 0 Å². The number of nitrogens with zero attached hydrogens (tertiary/aromatic N) is 5. The highest BCUT2D eigenvalue weighted by atomic mass is 35.5. The molecule has 0 aliphatic carbocycles. The van der Waals surface area contributed by atoms with Crippen LogP contribution in [0.25, 0.3) is 0 Å². The Hall–Kier alpha value is -1.33. The van der Waals surface area contributed by atoms with Crippen LogP contribution in [0.4, 0.5) is 5.69 Å². The monoisotopic (exact) mass is 271 g/mol. The number of halogens is 2. The number of hydrogen-bond donors (Lipinski definition) is 0. The lowest BCUT2D eigenvalue weighted by atomic mass is 10.4. The predicted octanol–water partition coefficient (Wildman–Crippen LogP) is 2.15. The Bertz CT molecular complexity index is 525. The second-order valence-corrected chi connectivity index (χ2v) is 4.40. The molecular weight excluding hydrogens is 261 g/mol. The van der Waals surface area contributed by atoms with Gasteiger partial charge in [0.1, 0.15) is 5.82 Å². The van der Waals surface area contributed by atoms with E-state index in [0.717, 1.165) is 11.5 Å². The van der Waals surface area contributed by atoms with E-state index in [4.69, 9.17) is 23.2 Å². The standard InChI is InChI=1S/C10H11Cl2N5/c1-16-4-3-13-9(16)6-17(2)7-5-8(11)14-15-10(7)12/h3-5H,6H2,1-2H3. The summed E-state index contributed by atoms with van der Waals surface area (Å²) in [4.78, 5) is 6.16. The average molecular weight is 272 g/mol. The van der Waals surface area contributed by atoms with Gasteiger partial charge in [-0.15, -0.1) is 10.2 Å². The largest absolute Gasteiger partial charge is 0.364 e.